The molecule has 0 aliphatic heterocycles. The van der Waals surface area contributed by atoms with Crippen LogP contribution >= 0.6 is 0 Å². The molecular formula is C14H18FN3. The number of anilines is 1. The molecule has 3 unspecified atom stereocenters. The highest BCUT2D eigenvalue weighted by Gasteiger charge is 2.33. The molecule has 0 radical (unpaired) electrons. The third-order valence-corrected chi connectivity index (χ3v) is 4.43. The molecule has 0 bridgehead atoms. The Morgan fingerprint density at radius 1 is 1.33 bits per heavy atom. The molecule has 1 heterocycles. The number of hydrogen-bond donors (Lipinski definition) is 1. The third-order valence-electron chi connectivity index (χ3n) is 4.43. The number of halogens is 1. The van der Waals surface area contributed by atoms with E-state index in [-0.39, 0.29) is 5.82 Å². The molecule has 0 saturated heterocycles. The predicted molar refractivity (Wildman–Crippen MR) is 70.7 cm³/mol. The van der Waals surface area contributed by atoms with E-state index >= 15 is 0 Å². The summed E-state index contributed by atoms with van der Waals surface area (Å²) in [6.45, 7) is 4.51. The number of hydrogen-bond acceptors (Lipinski definition) is 2. The molecule has 18 heavy (non-hydrogen) atoms. The fraction of sp³-hybridized carbons (Fsp3) is 0.500. The zero-order valence-corrected chi connectivity index (χ0v) is 10.7. The highest BCUT2D eigenvalue weighted by molar-refractivity contribution is 5.78. The molecule has 2 aromatic rings. The van der Waals surface area contributed by atoms with Gasteiger partial charge >= 0.3 is 0 Å². The van der Waals surface area contributed by atoms with Gasteiger partial charge in [0.05, 0.1) is 11.0 Å². The van der Waals surface area contributed by atoms with Crippen molar-refractivity contribution >= 4 is 17.0 Å². The summed E-state index contributed by atoms with van der Waals surface area (Å²) in [5.74, 6) is 1.50. The van der Waals surface area contributed by atoms with Gasteiger partial charge in [0.25, 0.3) is 0 Å². The summed E-state index contributed by atoms with van der Waals surface area (Å²) in [6.07, 6.45) is 2.29. The van der Waals surface area contributed by atoms with Crippen molar-refractivity contribution in [2.75, 3.05) is 5.73 Å². The Balaban J connectivity index is 2.16. The van der Waals surface area contributed by atoms with Crippen molar-refractivity contribution in [3.05, 3.63) is 24.0 Å². The lowest BCUT2D eigenvalue weighted by atomic mass is 9.97. The van der Waals surface area contributed by atoms with Gasteiger partial charge in [0.2, 0.25) is 5.95 Å². The maximum atomic E-state index is 13.4. The van der Waals surface area contributed by atoms with Crippen molar-refractivity contribution < 1.29 is 4.39 Å². The number of imidazole rings is 1. The monoisotopic (exact) mass is 247 g/mol. The number of fused-ring (bicyclic) bond motifs is 1. The van der Waals surface area contributed by atoms with E-state index in [1.54, 1.807) is 6.07 Å². The lowest BCUT2D eigenvalue weighted by molar-refractivity contribution is 0.361. The van der Waals surface area contributed by atoms with Crippen LogP contribution in [-0.4, -0.2) is 9.55 Å². The molecule has 96 valence electrons. The van der Waals surface area contributed by atoms with Gasteiger partial charge in [-0.2, -0.15) is 0 Å². The van der Waals surface area contributed by atoms with Crippen LogP contribution in [0.1, 0.15) is 32.7 Å². The number of aromatic nitrogens is 2. The molecule has 0 amide bonds. The van der Waals surface area contributed by atoms with Gasteiger partial charge in [-0.1, -0.05) is 13.8 Å². The number of benzene rings is 1. The average Bonchev–Trinajstić information content (AvgIpc) is 2.81. The van der Waals surface area contributed by atoms with Gasteiger partial charge in [-0.25, -0.2) is 9.37 Å². The lowest BCUT2D eigenvalue weighted by Crippen LogP contribution is -2.16. The summed E-state index contributed by atoms with van der Waals surface area (Å²) in [5, 5.41) is 0. The van der Waals surface area contributed by atoms with Gasteiger partial charge in [0, 0.05) is 6.04 Å². The molecule has 1 aromatic heterocycles. The van der Waals surface area contributed by atoms with E-state index in [2.05, 4.69) is 18.8 Å². The van der Waals surface area contributed by atoms with E-state index in [4.69, 9.17) is 5.73 Å². The molecule has 1 aliphatic carbocycles. The summed E-state index contributed by atoms with van der Waals surface area (Å²) >= 11 is 0. The van der Waals surface area contributed by atoms with Gasteiger partial charge < -0.3 is 10.3 Å². The second-order valence-electron chi connectivity index (χ2n) is 5.45. The summed E-state index contributed by atoms with van der Waals surface area (Å²) in [5.41, 5.74) is 7.62. The number of nitrogens with two attached hydrogens (primary N) is 1. The van der Waals surface area contributed by atoms with Gasteiger partial charge in [0.15, 0.2) is 0 Å². The second kappa shape index (κ2) is 3.97. The van der Waals surface area contributed by atoms with Crippen molar-refractivity contribution in [1.29, 1.82) is 0 Å². The van der Waals surface area contributed by atoms with Crippen molar-refractivity contribution in [1.82, 2.24) is 9.55 Å². The van der Waals surface area contributed by atoms with Crippen LogP contribution < -0.4 is 5.73 Å². The normalized spacial score (nSPS) is 28.1. The van der Waals surface area contributed by atoms with Crippen molar-refractivity contribution in [2.24, 2.45) is 11.8 Å². The average molecular weight is 247 g/mol. The van der Waals surface area contributed by atoms with Crippen LogP contribution in [-0.2, 0) is 0 Å². The molecule has 4 heteroatoms. The van der Waals surface area contributed by atoms with Crippen LogP contribution in [0, 0.1) is 17.7 Å². The number of nitrogen functional groups attached to an aromatic ring is 1. The Morgan fingerprint density at radius 3 is 2.78 bits per heavy atom. The van der Waals surface area contributed by atoms with E-state index in [1.807, 2.05) is 4.57 Å². The van der Waals surface area contributed by atoms with Crippen molar-refractivity contribution in [3.63, 3.8) is 0 Å². The minimum atomic E-state index is -0.234. The van der Waals surface area contributed by atoms with E-state index in [0.717, 1.165) is 17.5 Å². The minimum absolute atomic E-state index is 0.234. The van der Waals surface area contributed by atoms with Crippen LogP contribution in [0.3, 0.4) is 0 Å². The highest BCUT2D eigenvalue weighted by atomic mass is 19.1. The molecule has 1 aromatic carbocycles. The first kappa shape index (κ1) is 11.5. The Kier molecular flexibility index (Phi) is 2.54. The fourth-order valence-electron chi connectivity index (χ4n) is 3.14. The fourth-order valence-corrected chi connectivity index (χ4v) is 3.14. The standard InChI is InChI=1S/C14H18FN3/c1-8-3-6-12(9(8)2)18-13-7-10(15)4-5-11(13)17-14(18)16/h4-5,7-9,12H,3,6H2,1-2H3,(H2,16,17). The number of nitrogens with zero attached hydrogens (tertiary/aromatic N) is 2. The Hall–Kier alpha value is -1.58. The Bertz CT molecular complexity index is 590. The smallest absolute Gasteiger partial charge is 0.201 e. The quantitative estimate of drug-likeness (QED) is 0.839. The molecule has 1 saturated carbocycles. The Morgan fingerprint density at radius 2 is 2.11 bits per heavy atom. The van der Waals surface area contributed by atoms with Gasteiger partial charge in [-0.3, -0.25) is 0 Å². The van der Waals surface area contributed by atoms with Crippen LogP contribution in [0.15, 0.2) is 18.2 Å². The highest BCUT2D eigenvalue weighted by Crippen LogP contribution is 2.42. The van der Waals surface area contributed by atoms with Gasteiger partial charge in [-0.15, -0.1) is 0 Å². The van der Waals surface area contributed by atoms with E-state index < -0.39 is 0 Å². The molecule has 0 spiro atoms. The minimum Gasteiger partial charge on any atom is -0.369 e. The largest absolute Gasteiger partial charge is 0.369 e. The molecule has 2 N–H and O–H groups in total. The summed E-state index contributed by atoms with van der Waals surface area (Å²) < 4.78 is 15.4. The van der Waals surface area contributed by atoms with Crippen LogP contribution in [0.2, 0.25) is 0 Å². The first-order chi connectivity index (χ1) is 8.58. The molecule has 3 atom stereocenters. The van der Waals surface area contributed by atoms with Crippen molar-refractivity contribution in [3.8, 4) is 0 Å². The van der Waals surface area contributed by atoms with E-state index in [1.165, 1.54) is 18.6 Å². The van der Waals surface area contributed by atoms with E-state index in [0.29, 0.717) is 23.8 Å². The molecule has 3 rings (SSSR count). The first-order valence-corrected chi connectivity index (χ1v) is 6.51. The van der Waals surface area contributed by atoms with Crippen LogP contribution in [0.5, 0.6) is 0 Å². The third kappa shape index (κ3) is 1.59. The summed E-state index contributed by atoms with van der Waals surface area (Å²) in [4.78, 5) is 4.33. The van der Waals surface area contributed by atoms with Crippen LogP contribution in [0.25, 0.3) is 11.0 Å². The topological polar surface area (TPSA) is 43.8 Å². The molecule has 1 fully saturated rings. The maximum Gasteiger partial charge on any atom is 0.201 e. The Labute approximate surface area is 106 Å². The SMILES string of the molecule is CC1CCC(n2c(N)nc3ccc(F)cc32)C1C. The predicted octanol–water partition coefficient (Wildman–Crippen LogP) is 3.36. The lowest BCUT2D eigenvalue weighted by Gasteiger charge is -2.21. The summed E-state index contributed by atoms with van der Waals surface area (Å²) in [7, 11) is 0. The summed E-state index contributed by atoms with van der Waals surface area (Å²) in [6, 6.07) is 5.00. The van der Waals surface area contributed by atoms with Crippen molar-refractivity contribution in [2.45, 2.75) is 32.7 Å². The van der Waals surface area contributed by atoms with Crippen LogP contribution in [0.4, 0.5) is 10.3 Å². The zero-order valence-electron chi connectivity index (χ0n) is 10.7. The van der Waals surface area contributed by atoms with Gasteiger partial charge in [0.1, 0.15) is 5.82 Å². The zero-order chi connectivity index (χ0) is 12.9. The first-order valence-electron chi connectivity index (χ1n) is 6.51. The molecule has 3 nitrogen and oxygen atoms in total. The van der Waals surface area contributed by atoms with Gasteiger partial charge in [-0.05, 0) is 42.9 Å². The number of rotatable bonds is 1. The second-order valence-corrected chi connectivity index (χ2v) is 5.45. The maximum absolute atomic E-state index is 13.4. The molecular weight excluding hydrogens is 229 g/mol. The van der Waals surface area contributed by atoms with E-state index in [9.17, 15) is 4.39 Å². The molecule has 1 aliphatic rings.